The first-order valence-corrected chi connectivity index (χ1v) is 10.3. The molecule has 1 N–H and O–H groups in total. The monoisotopic (exact) mass is 429 g/mol. The first-order chi connectivity index (χ1) is 13.3. The van der Waals surface area contributed by atoms with E-state index in [1.54, 1.807) is 29.2 Å². The van der Waals surface area contributed by atoms with Gasteiger partial charge < -0.3 is 5.32 Å². The summed E-state index contributed by atoms with van der Waals surface area (Å²) in [6.45, 7) is 0.645. The molecule has 1 amide bonds. The molecule has 2 aromatic rings. The lowest BCUT2D eigenvalue weighted by atomic mass is 10.3. The lowest BCUT2D eigenvalue weighted by molar-refractivity contribution is -0.117. The van der Waals surface area contributed by atoms with Crippen LogP contribution in [0, 0.1) is 11.6 Å². The van der Waals surface area contributed by atoms with Gasteiger partial charge in [-0.3, -0.25) is 9.69 Å². The van der Waals surface area contributed by atoms with E-state index < -0.39 is 26.6 Å². The highest BCUT2D eigenvalue weighted by molar-refractivity contribution is 7.89. The molecular formula is C18H18ClF2N3O3S. The van der Waals surface area contributed by atoms with E-state index in [4.69, 9.17) is 11.6 Å². The zero-order valence-corrected chi connectivity index (χ0v) is 16.3. The standard InChI is InChI=1S/C18H18ClF2N3O3S/c19-13-3-1-4-14(11-13)22-17(25)12-23-7-9-24(10-8-23)28(26,27)18-15(20)5-2-6-16(18)21/h1-6,11H,7-10,12H2,(H,22,25). The van der Waals surface area contributed by atoms with Gasteiger partial charge >= 0.3 is 0 Å². The molecule has 0 unspecified atom stereocenters. The maximum Gasteiger partial charge on any atom is 0.249 e. The van der Waals surface area contributed by atoms with Crippen LogP contribution in [0.2, 0.25) is 5.02 Å². The van der Waals surface area contributed by atoms with Crippen molar-refractivity contribution in [2.45, 2.75) is 4.90 Å². The van der Waals surface area contributed by atoms with Crippen LogP contribution in [0.4, 0.5) is 14.5 Å². The lowest BCUT2D eigenvalue weighted by Crippen LogP contribution is -2.50. The zero-order valence-electron chi connectivity index (χ0n) is 14.7. The van der Waals surface area contributed by atoms with E-state index in [-0.39, 0.29) is 38.6 Å². The summed E-state index contributed by atoms with van der Waals surface area (Å²) in [6.07, 6.45) is 0. The summed E-state index contributed by atoms with van der Waals surface area (Å²) in [5, 5.41) is 3.21. The number of anilines is 1. The smallest absolute Gasteiger partial charge is 0.249 e. The molecular weight excluding hydrogens is 412 g/mol. The van der Waals surface area contributed by atoms with Crippen LogP contribution in [0.15, 0.2) is 47.4 Å². The molecule has 1 heterocycles. The maximum absolute atomic E-state index is 13.9. The Morgan fingerprint density at radius 3 is 2.25 bits per heavy atom. The summed E-state index contributed by atoms with van der Waals surface area (Å²) in [7, 11) is -4.29. The number of amides is 1. The molecule has 0 atom stereocenters. The van der Waals surface area contributed by atoms with Gasteiger partial charge in [-0.25, -0.2) is 17.2 Å². The van der Waals surface area contributed by atoms with Crippen LogP contribution in [-0.4, -0.2) is 56.3 Å². The predicted molar refractivity (Wildman–Crippen MR) is 102 cm³/mol. The van der Waals surface area contributed by atoms with Crippen molar-refractivity contribution in [2.24, 2.45) is 0 Å². The molecule has 6 nitrogen and oxygen atoms in total. The minimum absolute atomic E-state index is 0.0283. The number of sulfonamides is 1. The number of benzene rings is 2. The number of carbonyl (C=O) groups excluding carboxylic acids is 1. The summed E-state index contributed by atoms with van der Waals surface area (Å²) in [5.41, 5.74) is 0.564. The number of nitrogens with one attached hydrogen (secondary N) is 1. The van der Waals surface area contributed by atoms with Crippen LogP contribution in [0.5, 0.6) is 0 Å². The number of piperazine rings is 1. The van der Waals surface area contributed by atoms with Crippen LogP contribution in [-0.2, 0) is 14.8 Å². The molecule has 0 aromatic heterocycles. The molecule has 1 aliphatic heterocycles. The SMILES string of the molecule is O=C(CN1CCN(S(=O)(=O)c2c(F)cccc2F)CC1)Nc1cccc(Cl)c1. The van der Waals surface area contributed by atoms with E-state index in [0.717, 1.165) is 22.5 Å². The molecule has 0 radical (unpaired) electrons. The van der Waals surface area contributed by atoms with Crippen molar-refractivity contribution >= 4 is 33.2 Å². The average molecular weight is 430 g/mol. The molecule has 1 fully saturated rings. The summed E-state index contributed by atoms with van der Waals surface area (Å²) >= 11 is 5.87. The highest BCUT2D eigenvalue weighted by Gasteiger charge is 2.33. The van der Waals surface area contributed by atoms with Gasteiger partial charge in [-0.1, -0.05) is 23.7 Å². The molecule has 0 bridgehead atoms. The van der Waals surface area contributed by atoms with E-state index in [1.165, 1.54) is 0 Å². The van der Waals surface area contributed by atoms with Gasteiger partial charge in [-0.05, 0) is 30.3 Å². The fraction of sp³-hybridized carbons (Fsp3) is 0.278. The molecule has 0 saturated carbocycles. The number of rotatable bonds is 5. The van der Waals surface area contributed by atoms with Gasteiger partial charge in [-0.15, -0.1) is 0 Å². The Balaban J connectivity index is 1.59. The Bertz CT molecular complexity index is 960. The molecule has 0 spiro atoms. The zero-order chi connectivity index (χ0) is 20.3. The maximum atomic E-state index is 13.9. The van der Waals surface area contributed by atoms with Crippen molar-refractivity contribution in [3.8, 4) is 0 Å². The second-order valence-corrected chi connectivity index (χ2v) is 8.60. The van der Waals surface area contributed by atoms with E-state index in [9.17, 15) is 22.0 Å². The minimum Gasteiger partial charge on any atom is -0.325 e. The second-order valence-electron chi connectivity index (χ2n) is 6.29. The van der Waals surface area contributed by atoms with Crippen LogP contribution in [0.1, 0.15) is 0 Å². The van der Waals surface area contributed by atoms with Crippen molar-refractivity contribution in [2.75, 3.05) is 38.0 Å². The van der Waals surface area contributed by atoms with Crippen LogP contribution < -0.4 is 5.32 Å². The topological polar surface area (TPSA) is 69.7 Å². The van der Waals surface area contributed by atoms with E-state index >= 15 is 0 Å². The predicted octanol–water partition coefficient (Wildman–Crippen LogP) is 2.56. The summed E-state index contributed by atoms with van der Waals surface area (Å²) in [4.78, 5) is 13.0. The highest BCUT2D eigenvalue weighted by atomic mass is 35.5. The molecule has 28 heavy (non-hydrogen) atoms. The molecule has 1 aliphatic rings. The van der Waals surface area contributed by atoms with Gasteiger partial charge in [-0.2, -0.15) is 4.31 Å². The van der Waals surface area contributed by atoms with E-state index in [1.807, 2.05) is 0 Å². The summed E-state index contributed by atoms with van der Waals surface area (Å²) < 4.78 is 53.9. The van der Waals surface area contributed by atoms with Crippen molar-refractivity contribution in [1.82, 2.24) is 9.21 Å². The van der Waals surface area contributed by atoms with Gasteiger partial charge in [0.2, 0.25) is 15.9 Å². The molecule has 1 saturated heterocycles. The average Bonchev–Trinajstić information content (AvgIpc) is 2.61. The minimum atomic E-state index is -4.29. The number of nitrogens with zero attached hydrogens (tertiary/aromatic N) is 2. The van der Waals surface area contributed by atoms with Gasteiger partial charge in [0, 0.05) is 36.9 Å². The number of hydrogen-bond acceptors (Lipinski definition) is 4. The normalized spacial score (nSPS) is 16.1. The Hall–Kier alpha value is -2.07. The Kier molecular flexibility index (Phi) is 6.29. The third kappa shape index (κ3) is 4.67. The lowest BCUT2D eigenvalue weighted by Gasteiger charge is -2.33. The van der Waals surface area contributed by atoms with Crippen molar-refractivity contribution < 1.29 is 22.0 Å². The van der Waals surface area contributed by atoms with Crippen LogP contribution >= 0.6 is 11.6 Å². The van der Waals surface area contributed by atoms with Gasteiger partial charge in [0.25, 0.3) is 0 Å². The quantitative estimate of drug-likeness (QED) is 0.793. The number of halogens is 3. The first kappa shape index (κ1) is 20.7. The molecule has 0 aliphatic carbocycles. The number of hydrogen-bond donors (Lipinski definition) is 1. The van der Waals surface area contributed by atoms with Crippen LogP contribution in [0.25, 0.3) is 0 Å². The molecule has 150 valence electrons. The summed E-state index contributed by atoms with van der Waals surface area (Å²) in [5.74, 6) is -2.51. The largest absolute Gasteiger partial charge is 0.325 e. The van der Waals surface area contributed by atoms with Gasteiger partial charge in [0.1, 0.15) is 11.6 Å². The third-order valence-corrected chi connectivity index (χ3v) is 6.51. The van der Waals surface area contributed by atoms with Gasteiger partial charge in [0.05, 0.1) is 6.54 Å². The first-order valence-electron chi connectivity index (χ1n) is 8.49. The summed E-state index contributed by atoms with van der Waals surface area (Å²) in [6, 6.07) is 9.65. The molecule has 2 aromatic carbocycles. The Morgan fingerprint density at radius 1 is 1.04 bits per heavy atom. The fourth-order valence-electron chi connectivity index (χ4n) is 2.96. The molecule has 10 heteroatoms. The van der Waals surface area contributed by atoms with E-state index in [0.29, 0.717) is 10.7 Å². The van der Waals surface area contributed by atoms with Crippen LogP contribution in [0.3, 0.4) is 0 Å². The second kappa shape index (κ2) is 8.52. The van der Waals surface area contributed by atoms with E-state index in [2.05, 4.69) is 5.32 Å². The third-order valence-electron chi connectivity index (χ3n) is 4.32. The van der Waals surface area contributed by atoms with Crippen molar-refractivity contribution in [3.63, 3.8) is 0 Å². The fourth-order valence-corrected chi connectivity index (χ4v) is 4.68. The van der Waals surface area contributed by atoms with Gasteiger partial charge in [0.15, 0.2) is 4.90 Å². The Morgan fingerprint density at radius 2 is 1.64 bits per heavy atom. The molecule has 3 rings (SSSR count). The Labute approximate surface area is 166 Å². The van der Waals surface area contributed by atoms with Crippen molar-refractivity contribution in [1.29, 1.82) is 0 Å². The highest BCUT2D eigenvalue weighted by Crippen LogP contribution is 2.23. The van der Waals surface area contributed by atoms with Crippen molar-refractivity contribution in [3.05, 3.63) is 59.1 Å². The number of carbonyl (C=O) groups is 1.